The van der Waals surface area contributed by atoms with Gasteiger partial charge in [0.15, 0.2) is 11.5 Å². The molecule has 0 radical (unpaired) electrons. The number of likely N-dealkylation sites (tertiary alicyclic amines) is 1. The number of carbonyl (C=O) groups excluding carboxylic acids is 1. The maximum absolute atomic E-state index is 12.7. The number of benzene rings is 2. The lowest BCUT2D eigenvalue weighted by molar-refractivity contribution is -0.127. The molecule has 7 nitrogen and oxygen atoms in total. The third kappa shape index (κ3) is 5.72. The second kappa shape index (κ2) is 10.7. The summed E-state index contributed by atoms with van der Waals surface area (Å²) in [6.45, 7) is 3.88. The van der Waals surface area contributed by atoms with E-state index in [1.54, 1.807) is 6.26 Å². The standard InChI is InChI=1S/C27H30N2O5/c30-27(21-10-12-29(13-11-21)17-23-7-4-14-31-23)28-16-24-19-33-25-9-8-22(15-26(25)34-24)32-18-20-5-2-1-3-6-20/h1-9,14-15,21,24H,10-13,16-19H2,(H,28,30)/t24-/m1/s1. The highest BCUT2D eigenvalue weighted by atomic mass is 16.6. The number of nitrogens with one attached hydrogen (secondary N) is 1. The number of rotatable bonds is 8. The van der Waals surface area contributed by atoms with E-state index in [0.29, 0.717) is 31.3 Å². The molecule has 2 aromatic carbocycles. The van der Waals surface area contributed by atoms with E-state index in [0.717, 1.165) is 49.5 Å². The minimum atomic E-state index is -0.236. The number of furan rings is 1. The second-order valence-corrected chi connectivity index (χ2v) is 8.81. The van der Waals surface area contributed by atoms with Gasteiger partial charge in [0.2, 0.25) is 5.91 Å². The van der Waals surface area contributed by atoms with Crippen LogP contribution in [0.4, 0.5) is 0 Å². The van der Waals surface area contributed by atoms with Crippen LogP contribution in [0.15, 0.2) is 71.3 Å². The molecule has 3 aromatic rings. The number of hydrogen-bond acceptors (Lipinski definition) is 6. The Kier molecular flexibility index (Phi) is 7.00. The van der Waals surface area contributed by atoms with Crippen molar-refractivity contribution in [2.45, 2.75) is 32.1 Å². The van der Waals surface area contributed by atoms with Gasteiger partial charge in [-0.15, -0.1) is 0 Å². The van der Waals surface area contributed by atoms with Crippen LogP contribution in [-0.2, 0) is 17.9 Å². The summed E-state index contributed by atoms with van der Waals surface area (Å²) in [4.78, 5) is 15.0. The summed E-state index contributed by atoms with van der Waals surface area (Å²) >= 11 is 0. The van der Waals surface area contributed by atoms with Crippen molar-refractivity contribution < 1.29 is 23.4 Å². The molecule has 0 bridgehead atoms. The van der Waals surface area contributed by atoms with Gasteiger partial charge in [0.25, 0.3) is 0 Å². The number of piperidine rings is 1. The number of fused-ring (bicyclic) bond motifs is 1. The van der Waals surface area contributed by atoms with E-state index in [1.165, 1.54) is 0 Å². The van der Waals surface area contributed by atoms with E-state index < -0.39 is 0 Å². The Morgan fingerprint density at radius 2 is 1.88 bits per heavy atom. The van der Waals surface area contributed by atoms with Crippen LogP contribution < -0.4 is 19.5 Å². The zero-order valence-corrected chi connectivity index (χ0v) is 19.2. The average Bonchev–Trinajstić information content (AvgIpc) is 3.40. The monoisotopic (exact) mass is 462 g/mol. The lowest BCUT2D eigenvalue weighted by Crippen LogP contribution is -2.45. The minimum absolute atomic E-state index is 0.0302. The molecule has 3 heterocycles. The van der Waals surface area contributed by atoms with Crippen molar-refractivity contribution in [3.8, 4) is 17.2 Å². The van der Waals surface area contributed by atoms with E-state index in [-0.39, 0.29) is 17.9 Å². The Labute approximate surface area is 199 Å². The highest BCUT2D eigenvalue weighted by Gasteiger charge is 2.27. The fraction of sp³-hybridized carbons (Fsp3) is 0.370. The lowest BCUT2D eigenvalue weighted by atomic mass is 9.96. The molecule has 0 unspecified atom stereocenters. The first-order valence-corrected chi connectivity index (χ1v) is 11.9. The molecular weight excluding hydrogens is 432 g/mol. The number of hydrogen-bond donors (Lipinski definition) is 1. The molecule has 1 atom stereocenters. The molecule has 0 aliphatic carbocycles. The van der Waals surface area contributed by atoms with Gasteiger partial charge in [-0.1, -0.05) is 30.3 Å². The molecular formula is C27H30N2O5. The summed E-state index contributed by atoms with van der Waals surface area (Å²) in [5, 5.41) is 3.06. The van der Waals surface area contributed by atoms with Crippen molar-refractivity contribution in [1.29, 1.82) is 0 Å². The van der Waals surface area contributed by atoms with Gasteiger partial charge in [0, 0.05) is 12.0 Å². The molecule has 7 heteroatoms. The Bertz CT molecular complexity index is 1060. The summed E-state index contributed by atoms with van der Waals surface area (Å²) in [6.07, 6.45) is 3.16. The normalized spacial score (nSPS) is 18.4. The smallest absolute Gasteiger partial charge is 0.223 e. The second-order valence-electron chi connectivity index (χ2n) is 8.81. The van der Waals surface area contributed by atoms with Crippen molar-refractivity contribution in [2.75, 3.05) is 26.2 Å². The zero-order valence-electron chi connectivity index (χ0n) is 19.2. The van der Waals surface area contributed by atoms with Crippen LogP contribution in [0.25, 0.3) is 0 Å². The van der Waals surface area contributed by atoms with Crippen molar-refractivity contribution in [2.24, 2.45) is 5.92 Å². The van der Waals surface area contributed by atoms with Crippen LogP contribution in [-0.4, -0.2) is 43.2 Å². The predicted molar refractivity (Wildman–Crippen MR) is 127 cm³/mol. The predicted octanol–water partition coefficient (Wildman–Crippen LogP) is 4.03. The van der Waals surface area contributed by atoms with Gasteiger partial charge in [-0.2, -0.15) is 0 Å². The Morgan fingerprint density at radius 3 is 2.68 bits per heavy atom. The summed E-state index contributed by atoms with van der Waals surface area (Å²) < 4.78 is 23.3. The van der Waals surface area contributed by atoms with E-state index in [2.05, 4.69) is 10.2 Å². The van der Waals surface area contributed by atoms with Crippen LogP contribution in [0.3, 0.4) is 0 Å². The first-order chi connectivity index (χ1) is 16.7. The van der Waals surface area contributed by atoms with Crippen molar-refractivity contribution >= 4 is 5.91 Å². The Hall–Kier alpha value is -3.45. The van der Waals surface area contributed by atoms with E-state index in [9.17, 15) is 4.79 Å². The molecule has 2 aliphatic rings. The Balaban J connectivity index is 1.07. The van der Waals surface area contributed by atoms with Gasteiger partial charge in [-0.3, -0.25) is 9.69 Å². The summed E-state index contributed by atoms with van der Waals surface area (Å²) in [5.41, 5.74) is 1.10. The van der Waals surface area contributed by atoms with Gasteiger partial charge in [0.05, 0.1) is 19.4 Å². The fourth-order valence-electron chi connectivity index (χ4n) is 4.36. The molecule has 0 spiro atoms. The SMILES string of the molecule is O=C(NC[C@@H]1COc2ccc(OCc3ccccc3)cc2O1)C1CCN(Cc2ccco2)CC1. The van der Waals surface area contributed by atoms with E-state index in [1.807, 2.05) is 60.7 Å². The maximum Gasteiger partial charge on any atom is 0.223 e. The van der Waals surface area contributed by atoms with Crippen molar-refractivity contribution in [3.63, 3.8) is 0 Å². The van der Waals surface area contributed by atoms with Crippen LogP contribution in [0.5, 0.6) is 17.2 Å². The van der Waals surface area contributed by atoms with Gasteiger partial charge < -0.3 is 23.9 Å². The van der Waals surface area contributed by atoms with Gasteiger partial charge >= 0.3 is 0 Å². The topological polar surface area (TPSA) is 73.2 Å². The summed E-state index contributed by atoms with van der Waals surface area (Å²) in [6, 6.07) is 19.5. The minimum Gasteiger partial charge on any atom is -0.489 e. The quantitative estimate of drug-likeness (QED) is 0.545. The average molecular weight is 463 g/mol. The number of amides is 1. The zero-order chi connectivity index (χ0) is 23.2. The molecule has 178 valence electrons. The van der Waals surface area contributed by atoms with Crippen LogP contribution >= 0.6 is 0 Å². The first-order valence-electron chi connectivity index (χ1n) is 11.9. The molecule has 2 aliphatic heterocycles. The molecule has 0 saturated carbocycles. The van der Waals surface area contributed by atoms with Crippen molar-refractivity contribution in [1.82, 2.24) is 10.2 Å². The maximum atomic E-state index is 12.7. The molecule has 5 rings (SSSR count). The molecule has 1 saturated heterocycles. The lowest BCUT2D eigenvalue weighted by Gasteiger charge is -2.31. The first kappa shape index (κ1) is 22.3. The third-order valence-electron chi connectivity index (χ3n) is 6.30. The molecule has 1 N–H and O–H groups in total. The van der Waals surface area contributed by atoms with Crippen LogP contribution in [0, 0.1) is 5.92 Å². The number of carbonyl (C=O) groups is 1. The van der Waals surface area contributed by atoms with Crippen LogP contribution in [0.1, 0.15) is 24.2 Å². The van der Waals surface area contributed by atoms with E-state index in [4.69, 9.17) is 18.6 Å². The highest BCUT2D eigenvalue weighted by Crippen LogP contribution is 2.35. The van der Waals surface area contributed by atoms with Gasteiger partial charge in [0.1, 0.15) is 30.8 Å². The van der Waals surface area contributed by atoms with Gasteiger partial charge in [-0.25, -0.2) is 0 Å². The third-order valence-corrected chi connectivity index (χ3v) is 6.30. The molecule has 1 fully saturated rings. The Morgan fingerprint density at radius 1 is 1.03 bits per heavy atom. The highest BCUT2D eigenvalue weighted by molar-refractivity contribution is 5.78. The molecule has 1 amide bonds. The number of ether oxygens (including phenoxy) is 3. The fourth-order valence-corrected chi connectivity index (χ4v) is 4.36. The molecule has 1 aromatic heterocycles. The summed E-state index contributed by atoms with van der Waals surface area (Å²) in [5.74, 6) is 3.14. The van der Waals surface area contributed by atoms with E-state index >= 15 is 0 Å². The van der Waals surface area contributed by atoms with Gasteiger partial charge in [-0.05, 0) is 55.8 Å². The van der Waals surface area contributed by atoms with Crippen molar-refractivity contribution in [3.05, 3.63) is 78.3 Å². The number of nitrogens with zero attached hydrogens (tertiary/aromatic N) is 1. The largest absolute Gasteiger partial charge is 0.489 e. The van der Waals surface area contributed by atoms with Crippen LogP contribution in [0.2, 0.25) is 0 Å². The summed E-state index contributed by atoms with van der Waals surface area (Å²) in [7, 11) is 0. The molecule has 34 heavy (non-hydrogen) atoms.